The predicted octanol–water partition coefficient (Wildman–Crippen LogP) is 5.95. The minimum absolute atomic E-state index is 0.0147. The molecule has 1 aliphatic heterocycles. The summed E-state index contributed by atoms with van der Waals surface area (Å²) in [5.41, 5.74) is 4.59. The first-order valence-corrected chi connectivity index (χ1v) is 11.2. The van der Waals surface area contributed by atoms with Crippen molar-refractivity contribution in [1.29, 1.82) is 0 Å². The molecule has 0 fully saturated rings. The number of nitrogens with one attached hydrogen (secondary N) is 2. The number of amides is 3. The Labute approximate surface area is 207 Å². The van der Waals surface area contributed by atoms with Gasteiger partial charge in [-0.15, -0.1) is 0 Å². The highest BCUT2D eigenvalue weighted by Crippen LogP contribution is 2.32. The maximum Gasteiger partial charge on any atom is 0.283 e. The van der Waals surface area contributed by atoms with Crippen LogP contribution in [0.15, 0.2) is 71.4 Å². The summed E-state index contributed by atoms with van der Waals surface area (Å²) in [6.45, 7) is 5.58. The lowest BCUT2D eigenvalue weighted by Gasteiger charge is -2.18. The first kappa shape index (κ1) is 23.5. The van der Waals surface area contributed by atoms with E-state index in [0.717, 1.165) is 21.6 Å². The molecule has 0 unspecified atom stereocenters. The lowest BCUT2D eigenvalue weighted by atomic mass is 10.1. The number of halogens is 2. The van der Waals surface area contributed by atoms with E-state index < -0.39 is 11.8 Å². The van der Waals surface area contributed by atoms with E-state index in [1.54, 1.807) is 42.5 Å². The minimum Gasteiger partial charge on any atom is -0.350 e. The quantitative estimate of drug-likeness (QED) is 0.430. The molecule has 3 amide bonds. The van der Waals surface area contributed by atoms with Gasteiger partial charge in [0.25, 0.3) is 17.7 Å². The lowest BCUT2D eigenvalue weighted by molar-refractivity contribution is -0.120. The van der Waals surface area contributed by atoms with E-state index >= 15 is 0 Å². The van der Waals surface area contributed by atoms with Crippen molar-refractivity contribution in [1.82, 2.24) is 0 Å². The average Bonchev–Trinajstić information content (AvgIpc) is 3.01. The zero-order valence-electron chi connectivity index (χ0n) is 18.7. The number of benzene rings is 3. The molecular formula is C26H21Cl2N3O3. The van der Waals surface area contributed by atoms with Gasteiger partial charge in [0.1, 0.15) is 10.7 Å². The maximum atomic E-state index is 13.0. The van der Waals surface area contributed by atoms with Crippen molar-refractivity contribution < 1.29 is 14.4 Å². The van der Waals surface area contributed by atoms with E-state index in [4.69, 9.17) is 23.2 Å². The molecule has 0 spiro atoms. The van der Waals surface area contributed by atoms with Gasteiger partial charge in [-0.1, -0.05) is 41.4 Å². The van der Waals surface area contributed by atoms with E-state index in [-0.39, 0.29) is 16.6 Å². The lowest BCUT2D eigenvalue weighted by Crippen LogP contribution is -2.32. The Morgan fingerprint density at radius 3 is 2.12 bits per heavy atom. The summed E-state index contributed by atoms with van der Waals surface area (Å²) in [5.74, 6) is -1.44. The van der Waals surface area contributed by atoms with E-state index in [0.29, 0.717) is 27.6 Å². The first-order valence-electron chi connectivity index (χ1n) is 10.5. The Kier molecular flexibility index (Phi) is 6.46. The van der Waals surface area contributed by atoms with Crippen LogP contribution in [0.2, 0.25) is 5.02 Å². The van der Waals surface area contributed by atoms with Gasteiger partial charge < -0.3 is 10.6 Å². The minimum atomic E-state index is -0.587. The van der Waals surface area contributed by atoms with Crippen LogP contribution >= 0.6 is 23.2 Å². The molecule has 8 heteroatoms. The highest BCUT2D eigenvalue weighted by molar-refractivity contribution is 6.53. The highest BCUT2D eigenvalue weighted by Gasteiger charge is 2.39. The number of hydrogen-bond donors (Lipinski definition) is 2. The summed E-state index contributed by atoms with van der Waals surface area (Å²) < 4.78 is 0. The van der Waals surface area contributed by atoms with Crippen LogP contribution in [0.1, 0.15) is 27.0 Å². The van der Waals surface area contributed by atoms with Crippen molar-refractivity contribution in [3.63, 3.8) is 0 Å². The Hall–Kier alpha value is -3.61. The van der Waals surface area contributed by atoms with Gasteiger partial charge in [-0.2, -0.15) is 0 Å². The largest absolute Gasteiger partial charge is 0.350 e. The molecule has 3 aromatic carbocycles. The Bertz CT molecular complexity index is 1360. The molecule has 0 radical (unpaired) electrons. The average molecular weight is 494 g/mol. The standard InChI is InChI=1S/C26H21Cl2N3O3/c1-14-4-5-16(3)21(12-14)31-25(33)22(28)23(26(31)34)29-18-10-7-17(8-11-18)24(32)30-19-9-6-15(2)20(27)13-19/h4-13,29H,1-3H3,(H,30,32). The third-order valence-electron chi connectivity index (χ3n) is 5.48. The fraction of sp³-hybridized carbons (Fsp3) is 0.115. The molecule has 0 saturated heterocycles. The number of rotatable bonds is 5. The van der Waals surface area contributed by atoms with Crippen molar-refractivity contribution in [3.8, 4) is 0 Å². The third kappa shape index (κ3) is 4.55. The summed E-state index contributed by atoms with van der Waals surface area (Å²) >= 11 is 12.4. The van der Waals surface area contributed by atoms with Gasteiger partial charge in [0, 0.05) is 22.0 Å². The molecule has 1 aliphatic rings. The second kappa shape index (κ2) is 9.33. The van der Waals surface area contributed by atoms with Gasteiger partial charge in [0.15, 0.2) is 0 Å². The molecule has 0 atom stereocenters. The zero-order valence-corrected chi connectivity index (χ0v) is 20.2. The number of carbonyl (C=O) groups is 3. The molecule has 0 aliphatic carbocycles. The molecule has 6 nitrogen and oxygen atoms in total. The smallest absolute Gasteiger partial charge is 0.283 e. The number of aryl methyl sites for hydroxylation is 3. The van der Waals surface area contributed by atoms with E-state index in [9.17, 15) is 14.4 Å². The van der Waals surface area contributed by atoms with Crippen LogP contribution in [0, 0.1) is 20.8 Å². The van der Waals surface area contributed by atoms with Crippen LogP contribution < -0.4 is 15.5 Å². The molecule has 3 aromatic rings. The normalized spacial score (nSPS) is 13.5. The Balaban J connectivity index is 1.50. The summed E-state index contributed by atoms with van der Waals surface area (Å²) in [6.07, 6.45) is 0. The molecule has 1 heterocycles. The van der Waals surface area contributed by atoms with E-state index in [1.807, 2.05) is 39.0 Å². The number of hydrogen-bond acceptors (Lipinski definition) is 4. The molecule has 2 N–H and O–H groups in total. The Morgan fingerprint density at radius 2 is 1.44 bits per heavy atom. The van der Waals surface area contributed by atoms with Gasteiger partial charge >= 0.3 is 0 Å². The van der Waals surface area contributed by atoms with Crippen LogP contribution in [0.5, 0.6) is 0 Å². The molecule has 0 bridgehead atoms. The summed E-state index contributed by atoms with van der Waals surface area (Å²) in [5, 5.41) is 6.09. The van der Waals surface area contributed by atoms with Gasteiger partial charge in [0.05, 0.1) is 5.69 Å². The number of carbonyl (C=O) groups excluding carboxylic acids is 3. The fourth-order valence-corrected chi connectivity index (χ4v) is 3.91. The van der Waals surface area contributed by atoms with Crippen molar-refractivity contribution in [2.24, 2.45) is 0 Å². The van der Waals surface area contributed by atoms with E-state index in [2.05, 4.69) is 10.6 Å². The summed E-state index contributed by atoms with van der Waals surface area (Å²) in [6, 6.07) is 17.3. The monoisotopic (exact) mass is 493 g/mol. The molecule has 172 valence electrons. The zero-order chi connectivity index (χ0) is 24.6. The van der Waals surface area contributed by atoms with Crippen LogP contribution in [0.4, 0.5) is 17.1 Å². The first-order chi connectivity index (χ1) is 16.2. The fourth-order valence-electron chi connectivity index (χ4n) is 3.51. The number of anilines is 3. The molecule has 4 rings (SSSR count). The van der Waals surface area contributed by atoms with Gasteiger partial charge in [-0.05, 0) is 79.9 Å². The van der Waals surface area contributed by atoms with Gasteiger partial charge in [0.2, 0.25) is 0 Å². The maximum absolute atomic E-state index is 13.0. The predicted molar refractivity (Wildman–Crippen MR) is 135 cm³/mol. The van der Waals surface area contributed by atoms with Crippen LogP contribution in [0.25, 0.3) is 0 Å². The molecule has 34 heavy (non-hydrogen) atoms. The van der Waals surface area contributed by atoms with Crippen LogP contribution in [0.3, 0.4) is 0 Å². The van der Waals surface area contributed by atoms with E-state index in [1.165, 1.54) is 0 Å². The van der Waals surface area contributed by atoms with Crippen molar-refractivity contribution in [2.45, 2.75) is 20.8 Å². The van der Waals surface area contributed by atoms with Crippen LogP contribution in [-0.2, 0) is 9.59 Å². The molecule has 0 aromatic heterocycles. The molecular weight excluding hydrogens is 473 g/mol. The summed E-state index contributed by atoms with van der Waals surface area (Å²) in [7, 11) is 0. The highest BCUT2D eigenvalue weighted by atomic mass is 35.5. The second-order valence-electron chi connectivity index (χ2n) is 8.05. The third-order valence-corrected chi connectivity index (χ3v) is 6.24. The van der Waals surface area contributed by atoms with Gasteiger partial charge in [-0.3, -0.25) is 14.4 Å². The number of nitrogens with zero attached hydrogens (tertiary/aromatic N) is 1. The topological polar surface area (TPSA) is 78.5 Å². The molecule has 0 saturated carbocycles. The van der Waals surface area contributed by atoms with Crippen molar-refractivity contribution >= 4 is 58.0 Å². The Morgan fingerprint density at radius 1 is 0.794 bits per heavy atom. The summed E-state index contributed by atoms with van der Waals surface area (Å²) in [4.78, 5) is 39.4. The van der Waals surface area contributed by atoms with Crippen molar-refractivity contribution in [3.05, 3.63) is 98.7 Å². The number of imide groups is 1. The van der Waals surface area contributed by atoms with Crippen LogP contribution in [-0.4, -0.2) is 17.7 Å². The van der Waals surface area contributed by atoms with Gasteiger partial charge in [-0.25, -0.2) is 4.90 Å². The SMILES string of the molecule is Cc1ccc(C)c(N2C(=O)C(Cl)=C(Nc3ccc(C(=O)Nc4ccc(C)c(Cl)c4)cc3)C2=O)c1. The van der Waals surface area contributed by atoms with Crippen molar-refractivity contribution in [2.75, 3.05) is 15.5 Å². The second-order valence-corrected chi connectivity index (χ2v) is 8.83.